The number of aromatic hydroxyl groups is 1. The van der Waals surface area contributed by atoms with E-state index in [-0.39, 0.29) is 5.41 Å². The Morgan fingerprint density at radius 3 is 2.50 bits per heavy atom. The van der Waals surface area contributed by atoms with Gasteiger partial charge in [0.2, 0.25) is 0 Å². The quantitative estimate of drug-likeness (QED) is 0.707. The molecular formula is C15H18Br2O. The van der Waals surface area contributed by atoms with Crippen LogP contribution in [0.4, 0.5) is 0 Å². The van der Waals surface area contributed by atoms with Crippen molar-refractivity contribution in [2.45, 2.75) is 45.4 Å². The molecule has 1 N–H and O–H groups in total. The molecule has 3 atom stereocenters. The summed E-state index contributed by atoms with van der Waals surface area (Å²) in [7, 11) is 0. The van der Waals surface area contributed by atoms with Gasteiger partial charge in [-0.25, -0.2) is 0 Å². The van der Waals surface area contributed by atoms with Crippen LogP contribution >= 0.6 is 31.9 Å². The molecule has 0 spiro atoms. The van der Waals surface area contributed by atoms with Crippen LogP contribution in [0.2, 0.25) is 0 Å². The number of benzene rings is 1. The zero-order valence-corrected chi connectivity index (χ0v) is 14.2. The number of halogens is 2. The van der Waals surface area contributed by atoms with E-state index in [4.69, 9.17) is 0 Å². The largest absolute Gasteiger partial charge is 0.506 e. The predicted molar refractivity (Wildman–Crippen MR) is 81.0 cm³/mol. The maximum Gasteiger partial charge on any atom is 0.133 e. The molecule has 98 valence electrons. The first-order chi connectivity index (χ1) is 8.31. The molecule has 3 heteroatoms. The fraction of sp³-hybridized carbons (Fsp3) is 0.600. The van der Waals surface area contributed by atoms with Gasteiger partial charge in [0.05, 0.1) is 4.47 Å². The van der Waals surface area contributed by atoms with Crippen LogP contribution in [-0.2, 0) is 5.41 Å². The Labute approximate surface area is 125 Å². The predicted octanol–water partition coefficient (Wildman–Crippen LogP) is 5.30. The maximum atomic E-state index is 10.5. The second-order valence-electron chi connectivity index (χ2n) is 6.38. The number of phenolic OH excluding ortho intramolecular Hbond substituents is 1. The van der Waals surface area contributed by atoms with Crippen molar-refractivity contribution in [2.24, 2.45) is 11.3 Å². The molecule has 2 aliphatic rings. The summed E-state index contributed by atoms with van der Waals surface area (Å²) in [6, 6.07) is 2.13. The SMILES string of the molecule is Cc1c(Br)cc([C@]2(C)CC[C@@H]3C[C@@]32C)c(O)c1Br. The fourth-order valence-corrected chi connectivity index (χ4v) is 4.99. The molecule has 0 amide bonds. The zero-order chi connectivity index (χ0) is 13.3. The molecule has 0 aliphatic heterocycles. The Kier molecular flexibility index (Phi) is 2.71. The van der Waals surface area contributed by atoms with Gasteiger partial charge in [-0.15, -0.1) is 0 Å². The molecule has 3 rings (SSSR count). The normalized spacial score (nSPS) is 37.7. The van der Waals surface area contributed by atoms with Crippen LogP contribution in [-0.4, -0.2) is 5.11 Å². The molecule has 2 aliphatic carbocycles. The van der Waals surface area contributed by atoms with Crippen LogP contribution in [0.15, 0.2) is 15.0 Å². The third-order valence-corrected chi connectivity index (χ3v) is 7.47. The summed E-state index contributed by atoms with van der Waals surface area (Å²) in [5.41, 5.74) is 2.67. The van der Waals surface area contributed by atoms with Crippen molar-refractivity contribution in [1.29, 1.82) is 0 Å². The van der Waals surface area contributed by atoms with Gasteiger partial charge in [0.25, 0.3) is 0 Å². The molecule has 0 bridgehead atoms. The lowest BCUT2D eigenvalue weighted by Gasteiger charge is -2.34. The van der Waals surface area contributed by atoms with Crippen molar-refractivity contribution in [2.75, 3.05) is 0 Å². The Morgan fingerprint density at radius 2 is 2.00 bits per heavy atom. The maximum absolute atomic E-state index is 10.5. The third kappa shape index (κ3) is 1.44. The molecule has 1 aromatic carbocycles. The standard InChI is InChI=1S/C15H18Br2O/c1-8-11(16)6-10(13(18)12(8)17)14(2)5-4-9-7-15(9,14)3/h6,9,18H,4-5,7H2,1-3H3/t9-,14+,15+/m1/s1. The van der Waals surface area contributed by atoms with Gasteiger partial charge >= 0.3 is 0 Å². The first kappa shape index (κ1) is 13.0. The highest BCUT2D eigenvalue weighted by Crippen LogP contribution is 2.73. The minimum Gasteiger partial charge on any atom is -0.506 e. The van der Waals surface area contributed by atoms with E-state index >= 15 is 0 Å². The van der Waals surface area contributed by atoms with Crippen LogP contribution in [0, 0.1) is 18.3 Å². The fourth-order valence-electron chi connectivity index (χ4n) is 3.86. The van der Waals surface area contributed by atoms with E-state index in [2.05, 4.69) is 51.8 Å². The van der Waals surface area contributed by atoms with Gasteiger partial charge in [-0.05, 0) is 65.1 Å². The average Bonchev–Trinajstić information content (AvgIpc) is 2.94. The lowest BCUT2D eigenvalue weighted by molar-refractivity contribution is 0.298. The summed E-state index contributed by atoms with van der Waals surface area (Å²) in [4.78, 5) is 0. The summed E-state index contributed by atoms with van der Waals surface area (Å²) in [5, 5.41) is 10.5. The van der Waals surface area contributed by atoms with Crippen LogP contribution in [0.1, 0.15) is 44.2 Å². The highest BCUT2D eigenvalue weighted by molar-refractivity contribution is 9.11. The van der Waals surface area contributed by atoms with E-state index in [9.17, 15) is 5.11 Å². The Bertz CT molecular complexity index is 538. The van der Waals surface area contributed by atoms with E-state index < -0.39 is 0 Å². The number of fused-ring (bicyclic) bond motifs is 1. The Morgan fingerprint density at radius 1 is 1.33 bits per heavy atom. The molecule has 18 heavy (non-hydrogen) atoms. The minimum absolute atomic E-state index is 0.112. The third-order valence-electron chi connectivity index (χ3n) is 5.68. The molecule has 0 aromatic heterocycles. The van der Waals surface area contributed by atoms with Crippen LogP contribution in [0.25, 0.3) is 0 Å². The first-order valence-corrected chi connectivity index (χ1v) is 8.08. The molecule has 0 unspecified atom stereocenters. The lowest BCUT2D eigenvalue weighted by atomic mass is 9.70. The van der Waals surface area contributed by atoms with Crippen LogP contribution in [0.5, 0.6) is 5.75 Å². The summed E-state index contributed by atoms with van der Waals surface area (Å²) >= 11 is 7.14. The van der Waals surface area contributed by atoms with Gasteiger partial charge in [0.1, 0.15) is 5.75 Å². The summed E-state index contributed by atoms with van der Waals surface area (Å²) in [5.74, 6) is 1.30. The molecule has 2 fully saturated rings. The average molecular weight is 374 g/mol. The highest BCUT2D eigenvalue weighted by Gasteiger charge is 2.66. The molecule has 1 aromatic rings. The van der Waals surface area contributed by atoms with Gasteiger partial charge in [-0.1, -0.05) is 29.8 Å². The monoisotopic (exact) mass is 372 g/mol. The smallest absolute Gasteiger partial charge is 0.133 e. The van der Waals surface area contributed by atoms with E-state index in [1.165, 1.54) is 19.3 Å². The summed E-state index contributed by atoms with van der Waals surface area (Å²) in [6.07, 6.45) is 3.80. The van der Waals surface area contributed by atoms with Gasteiger partial charge < -0.3 is 5.11 Å². The van der Waals surface area contributed by atoms with E-state index in [1.54, 1.807) is 0 Å². The minimum atomic E-state index is 0.112. The number of phenols is 1. The lowest BCUT2D eigenvalue weighted by Crippen LogP contribution is -2.29. The Balaban J connectivity index is 2.19. The Hall–Kier alpha value is -0.0200. The highest BCUT2D eigenvalue weighted by atomic mass is 79.9. The van der Waals surface area contributed by atoms with Crippen molar-refractivity contribution in [3.63, 3.8) is 0 Å². The topological polar surface area (TPSA) is 20.2 Å². The van der Waals surface area contributed by atoms with Crippen molar-refractivity contribution < 1.29 is 5.11 Å². The van der Waals surface area contributed by atoms with E-state index in [0.717, 1.165) is 26.0 Å². The number of rotatable bonds is 1. The van der Waals surface area contributed by atoms with Crippen molar-refractivity contribution in [3.05, 3.63) is 26.1 Å². The molecular weight excluding hydrogens is 356 g/mol. The molecule has 2 saturated carbocycles. The van der Waals surface area contributed by atoms with Crippen molar-refractivity contribution >= 4 is 31.9 Å². The number of hydrogen-bond acceptors (Lipinski definition) is 1. The second kappa shape index (κ2) is 3.76. The van der Waals surface area contributed by atoms with E-state index in [0.29, 0.717) is 11.2 Å². The molecule has 0 saturated heterocycles. The van der Waals surface area contributed by atoms with Crippen molar-refractivity contribution in [1.82, 2.24) is 0 Å². The number of hydrogen-bond donors (Lipinski definition) is 1. The van der Waals surface area contributed by atoms with Gasteiger partial charge in [0.15, 0.2) is 0 Å². The van der Waals surface area contributed by atoms with Crippen LogP contribution in [0.3, 0.4) is 0 Å². The van der Waals surface area contributed by atoms with Gasteiger partial charge in [0, 0.05) is 15.5 Å². The molecule has 0 heterocycles. The summed E-state index contributed by atoms with van der Waals surface area (Å²) < 4.78 is 1.91. The van der Waals surface area contributed by atoms with Gasteiger partial charge in [-0.3, -0.25) is 0 Å². The van der Waals surface area contributed by atoms with E-state index in [1.807, 2.05) is 6.92 Å². The molecule has 0 radical (unpaired) electrons. The summed E-state index contributed by atoms with van der Waals surface area (Å²) in [6.45, 7) is 6.71. The van der Waals surface area contributed by atoms with Crippen LogP contribution < -0.4 is 0 Å². The van der Waals surface area contributed by atoms with Gasteiger partial charge in [-0.2, -0.15) is 0 Å². The first-order valence-electron chi connectivity index (χ1n) is 6.49. The van der Waals surface area contributed by atoms with Crippen molar-refractivity contribution in [3.8, 4) is 5.75 Å². The molecule has 1 nitrogen and oxygen atoms in total. The second-order valence-corrected chi connectivity index (χ2v) is 8.03. The zero-order valence-electron chi connectivity index (χ0n) is 11.0.